The van der Waals surface area contributed by atoms with Gasteiger partial charge >= 0.3 is 0 Å². The van der Waals surface area contributed by atoms with Crippen molar-refractivity contribution in [2.45, 2.75) is 25.5 Å². The first-order chi connectivity index (χ1) is 8.81. The zero-order chi connectivity index (χ0) is 12.8. The molecular weight excluding hydrogens is 230 g/mol. The van der Waals surface area contributed by atoms with Crippen LogP contribution in [-0.2, 0) is 16.1 Å². The van der Waals surface area contributed by atoms with Crippen molar-refractivity contribution in [2.24, 2.45) is 0 Å². The highest BCUT2D eigenvalue weighted by Crippen LogP contribution is 2.26. The molecular formula is C14H19NO3. The maximum Gasteiger partial charge on any atom is 0.248 e. The van der Waals surface area contributed by atoms with Gasteiger partial charge in [0, 0.05) is 12.6 Å². The topological polar surface area (TPSA) is 49.8 Å². The van der Waals surface area contributed by atoms with Gasteiger partial charge in [-0.15, -0.1) is 0 Å². The zero-order valence-corrected chi connectivity index (χ0v) is 10.4. The Bertz CT molecular complexity index is 376. The lowest BCUT2D eigenvalue weighted by Gasteiger charge is -2.21. The highest BCUT2D eigenvalue weighted by atomic mass is 16.5. The number of aliphatic hydroxyl groups is 1. The van der Waals surface area contributed by atoms with Crippen LogP contribution in [0.2, 0.25) is 0 Å². The summed E-state index contributed by atoms with van der Waals surface area (Å²) in [6.07, 6.45) is 2.09. The van der Waals surface area contributed by atoms with Crippen molar-refractivity contribution in [1.82, 2.24) is 4.90 Å². The number of aliphatic hydroxyl groups excluding tert-OH is 1. The maximum absolute atomic E-state index is 11.9. The Morgan fingerprint density at radius 2 is 2.06 bits per heavy atom. The van der Waals surface area contributed by atoms with Crippen LogP contribution in [0.25, 0.3) is 0 Å². The minimum atomic E-state index is -0.0255. The molecule has 1 aromatic carbocycles. The van der Waals surface area contributed by atoms with Crippen molar-refractivity contribution in [2.75, 3.05) is 19.8 Å². The van der Waals surface area contributed by atoms with Gasteiger partial charge in [-0.2, -0.15) is 0 Å². The normalized spacial score (nSPS) is 14.5. The predicted octanol–water partition coefficient (Wildman–Crippen LogP) is 1.19. The van der Waals surface area contributed by atoms with Crippen LogP contribution < -0.4 is 0 Å². The summed E-state index contributed by atoms with van der Waals surface area (Å²) in [6.45, 7) is 0.967. The van der Waals surface area contributed by atoms with Gasteiger partial charge in [0.1, 0.15) is 6.61 Å². The minimum Gasteiger partial charge on any atom is -0.395 e. The Morgan fingerprint density at radius 3 is 2.67 bits per heavy atom. The summed E-state index contributed by atoms with van der Waals surface area (Å²) in [5, 5.41) is 8.93. The number of rotatable bonds is 7. The second kappa shape index (κ2) is 6.52. The van der Waals surface area contributed by atoms with Crippen LogP contribution >= 0.6 is 0 Å². The molecule has 1 N–H and O–H groups in total. The van der Waals surface area contributed by atoms with Crippen LogP contribution in [0, 0.1) is 0 Å². The van der Waals surface area contributed by atoms with E-state index < -0.39 is 0 Å². The molecule has 1 saturated carbocycles. The van der Waals surface area contributed by atoms with Crippen LogP contribution in [-0.4, -0.2) is 41.7 Å². The second-order valence-corrected chi connectivity index (χ2v) is 4.52. The molecule has 0 unspecified atom stereocenters. The number of hydrogen-bond acceptors (Lipinski definition) is 3. The van der Waals surface area contributed by atoms with E-state index in [9.17, 15) is 4.79 Å². The van der Waals surface area contributed by atoms with Crippen LogP contribution in [0.5, 0.6) is 0 Å². The number of carbonyl (C=O) groups excluding carboxylic acids is 1. The first-order valence-corrected chi connectivity index (χ1v) is 6.33. The first-order valence-electron chi connectivity index (χ1n) is 6.33. The molecule has 1 fully saturated rings. The van der Waals surface area contributed by atoms with Crippen molar-refractivity contribution in [1.29, 1.82) is 0 Å². The van der Waals surface area contributed by atoms with E-state index in [-0.39, 0.29) is 19.1 Å². The standard InChI is InChI=1S/C14H19NO3/c16-9-8-15(13-6-7-13)14(17)11-18-10-12-4-2-1-3-5-12/h1-5,13,16H,6-11H2. The van der Waals surface area contributed by atoms with E-state index >= 15 is 0 Å². The Labute approximate surface area is 107 Å². The fraction of sp³-hybridized carbons (Fsp3) is 0.500. The monoisotopic (exact) mass is 249 g/mol. The Kier molecular flexibility index (Phi) is 4.73. The minimum absolute atomic E-state index is 0.0148. The molecule has 0 atom stereocenters. The molecule has 98 valence electrons. The first kappa shape index (κ1) is 13.1. The number of carbonyl (C=O) groups is 1. The average Bonchev–Trinajstić information content (AvgIpc) is 3.21. The van der Waals surface area contributed by atoms with Gasteiger partial charge in [0.2, 0.25) is 5.91 Å². The molecule has 0 aliphatic heterocycles. The van der Waals surface area contributed by atoms with Crippen molar-refractivity contribution in [3.63, 3.8) is 0 Å². The summed E-state index contributed by atoms with van der Waals surface area (Å²) in [5.41, 5.74) is 1.06. The number of hydrogen-bond donors (Lipinski definition) is 1. The Balaban J connectivity index is 1.73. The zero-order valence-electron chi connectivity index (χ0n) is 10.4. The van der Waals surface area contributed by atoms with Gasteiger partial charge in [-0.05, 0) is 18.4 Å². The molecule has 0 radical (unpaired) electrons. The van der Waals surface area contributed by atoms with Crippen LogP contribution in [0.15, 0.2) is 30.3 Å². The lowest BCUT2D eigenvalue weighted by molar-refractivity contribution is -0.137. The Morgan fingerprint density at radius 1 is 1.33 bits per heavy atom. The fourth-order valence-electron chi connectivity index (χ4n) is 1.92. The predicted molar refractivity (Wildman–Crippen MR) is 67.9 cm³/mol. The number of ether oxygens (including phenoxy) is 1. The van der Waals surface area contributed by atoms with Crippen molar-refractivity contribution in [3.8, 4) is 0 Å². The van der Waals surface area contributed by atoms with E-state index in [2.05, 4.69) is 0 Å². The lowest BCUT2D eigenvalue weighted by Crippen LogP contribution is -2.37. The molecule has 18 heavy (non-hydrogen) atoms. The summed E-state index contributed by atoms with van der Waals surface area (Å²) in [5.74, 6) is -0.0255. The third kappa shape index (κ3) is 3.82. The van der Waals surface area contributed by atoms with Gasteiger partial charge in [0.05, 0.1) is 13.2 Å². The molecule has 1 aliphatic rings. The molecule has 0 aromatic heterocycles. The molecule has 0 spiro atoms. The molecule has 1 amide bonds. The molecule has 1 aliphatic carbocycles. The van der Waals surface area contributed by atoms with Gasteiger partial charge in [-0.25, -0.2) is 0 Å². The van der Waals surface area contributed by atoms with Gasteiger partial charge in [-0.3, -0.25) is 4.79 Å². The van der Waals surface area contributed by atoms with E-state index in [0.29, 0.717) is 19.2 Å². The smallest absolute Gasteiger partial charge is 0.248 e. The highest BCUT2D eigenvalue weighted by molar-refractivity contribution is 5.78. The van der Waals surface area contributed by atoms with E-state index in [1.807, 2.05) is 30.3 Å². The second-order valence-electron chi connectivity index (χ2n) is 4.52. The quantitative estimate of drug-likeness (QED) is 0.789. The van der Waals surface area contributed by atoms with E-state index in [0.717, 1.165) is 18.4 Å². The highest BCUT2D eigenvalue weighted by Gasteiger charge is 2.31. The van der Waals surface area contributed by atoms with E-state index in [1.165, 1.54) is 0 Å². The van der Waals surface area contributed by atoms with Gasteiger partial charge in [0.25, 0.3) is 0 Å². The molecule has 0 saturated heterocycles. The number of benzene rings is 1. The third-order valence-electron chi connectivity index (χ3n) is 2.99. The summed E-state index contributed by atoms with van der Waals surface area (Å²) in [7, 11) is 0. The molecule has 1 aromatic rings. The molecule has 4 heteroatoms. The van der Waals surface area contributed by atoms with Gasteiger partial charge in [-0.1, -0.05) is 30.3 Å². The van der Waals surface area contributed by atoms with Crippen LogP contribution in [0.1, 0.15) is 18.4 Å². The third-order valence-corrected chi connectivity index (χ3v) is 2.99. The summed E-state index contributed by atoms with van der Waals surface area (Å²) in [4.78, 5) is 13.6. The summed E-state index contributed by atoms with van der Waals surface area (Å²) < 4.78 is 5.41. The maximum atomic E-state index is 11.9. The fourth-order valence-corrected chi connectivity index (χ4v) is 1.92. The van der Waals surface area contributed by atoms with Crippen molar-refractivity contribution < 1.29 is 14.6 Å². The summed E-state index contributed by atoms with van der Waals surface area (Å²) in [6, 6.07) is 10.1. The summed E-state index contributed by atoms with van der Waals surface area (Å²) >= 11 is 0. The number of nitrogens with zero attached hydrogens (tertiary/aromatic N) is 1. The Hall–Kier alpha value is -1.39. The van der Waals surface area contributed by atoms with Crippen LogP contribution in [0.4, 0.5) is 0 Å². The lowest BCUT2D eigenvalue weighted by atomic mass is 10.2. The molecule has 4 nitrogen and oxygen atoms in total. The molecule has 0 heterocycles. The largest absolute Gasteiger partial charge is 0.395 e. The van der Waals surface area contributed by atoms with Crippen molar-refractivity contribution >= 4 is 5.91 Å². The average molecular weight is 249 g/mol. The van der Waals surface area contributed by atoms with Crippen LogP contribution in [0.3, 0.4) is 0 Å². The van der Waals surface area contributed by atoms with Crippen molar-refractivity contribution in [3.05, 3.63) is 35.9 Å². The van der Waals surface area contributed by atoms with Gasteiger partial charge in [0.15, 0.2) is 0 Å². The van der Waals surface area contributed by atoms with Gasteiger partial charge < -0.3 is 14.7 Å². The molecule has 2 rings (SSSR count). The van der Waals surface area contributed by atoms with E-state index in [4.69, 9.17) is 9.84 Å². The van der Waals surface area contributed by atoms with E-state index in [1.54, 1.807) is 4.90 Å². The molecule has 0 bridgehead atoms. The SMILES string of the molecule is O=C(COCc1ccccc1)N(CCO)C1CC1. The number of amides is 1.